The van der Waals surface area contributed by atoms with Crippen molar-refractivity contribution in [2.45, 2.75) is 6.42 Å². The van der Waals surface area contributed by atoms with Crippen LogP contribution >= 0.6 is 11.3 Å². The number of amides is 1. The molecule has 2 heterocycles. The van der Waals surface area contributed by atoms with Crippen LogP contribution in [0.15, 0.2) is 47.8 Å². The lowest BCUT2D eigenvalue weighted by Gasteiger charge is -2.24. The first-order chi connectivity index (χ1) is 13.7. The number of aromatic nitrogens is 1. The molecule has 6 nitrogen and oxygen atoms in total. The van der Waals surface area contributed by atoms with Crippen molar-refractivity contribution in [1.29, 1.82) is 0 Å². The summed E-state index contributed by atoms with van der Waals surface area (Å²) in [5.74, 6) is 1.84. The topological polar surface area (TPSA) is 69.7 Å². The molecule has 0 fully saturated rings. The summed E-state index contributed by atoms with van der Waals surface area (Å²) in [6.07, 6.45) is 0.663. The summed E-state index contributed by atoms with van der Waals surface area (Å²) in [7, 11) is 3.19. The first-order valence-electron chi connectivity index (χ1n) is 8.87. The number of fused-ring (bicyclic) bond motifs is 1. The average Bonchev–Trinajstić information content (AvgIpc) is 3.21. The number of hydrogen-bond donors (Lipinski definition) is 1. The number of para-hydroxylation sites is 1. The zero-order chi connectivity index (χ0) is 19.5. The molecule has 3 aromatic rings. The second-order valence-electron chi connectivity index (χ2n) is 6.42. The Hall–Kier alpha value is -3.06. The molecule has 28 heavy (non-hydrogen) atoms. The summed E-state index contributed by atoms with van der Waals surface area (Å²) in [4.78, 5) is 17.2. The summed E-state index contributed by atoms with van der Waals surface area (Å²) >= 11 is 1.39. The quantitative estimate of drug-likeness (QED) is 0.705. The van der Waals surface area contributed by atoms with Crippen molar-refractivity contribution in [2.75, 3.05) is 26.1 Å². The monoisotopic (exact) mass is 396 g/mol. The predicted octanol–water partition coefficient (Wildman–Crippen LogP) is 4.02. The highest BCUT2D eigenvalue weighted by Crippen LogP contribution is 2.34. The van der Waals surface area contributed by atoms with E-state index in [0.717, 1.165) is 22.6 Å². The molecule has 1 aliphatic heterocycles. The molecule has 1 N–H and O–H groups in total. The van der Waals surface area contributed by atoms with Gasteiger partial charge in [-0.15, -0.1) is 11.3 Å². The summed E-state index contributed by atoms with van der Waals surface area (Å²) in [5, 5.41) is 5.39. The van der Waals surface area contributed by atoms with Crippen molar-refractivity contribution in [1.82, 2.24) is 4.98 Å². The van der Waals surface area contributed by atoms with Gasteiger partial charge in [0.25, 0.3) is 0 Å². The maximum atomic E-state index is 12.6. The molecule has 0 saturated carbocycles. The highest BCUT2D eigenvalue weighted by molar-refractivity contribution is 7.14. The van der Waals surface area contributed by atoms with Crippen LogP contribution in [0.5, 0.6) is 17.2 Å². The van der Waals surface area contributed by atoms with E-state index in [1.807, 2.05) is 47.8 Å². The smallest absolute Gasteiger partial charge is 0.233 e. The van der Waals surface area contributed by atoms with Crippen LogP contribution in [0.1, 0.15) is 5.56 Å². The molecule has 0 bridgehead atoms. The van der Waals surface area contributed by atoms with Gasteiger partial charge in [-0.05, 0) is 36.2 Å². The van der Waals surface area contributed by atoms with Crippen LogP contribution in [-0.4, -0.2) is 31.7 Å². The average molecular weight is 396 g/mol. The molecule has 7 heteroatoms. The molecule has 144 valence electrons. The predicted molar refractivity (Wildman–Crippen MR) is 108 cm³/mol. The third kappa shape index (κ3) is 3.66. The number of methoxy groups -OCH3 is 2. The number of benzene rings is 2. The summed E-state index contributed by atoms with van der Waals surface area (Å²) in [5.41, 5.74) is 2.72. The third-order valence-electron chi connectivity index (χ3n) is 4.66. The van der Waals surface area contributed by atoms with Crippen LogP contribution in [0.3, 0.4) is 0 Å². The van der Waals surface area contributed by atoms with E-state index < -0.39 is 0 Å². The zero-order valence-electron chi connectivity index (χ0n) is 15.6. The van der Waals surface area contributed by atoms with E-state index in [1.54, 1.807) is 14.2 Å². The fourth-order valence-corrected chi connectivity index (χ4v) is 3.89. The van der Waals surface area contributed by atoms with Gasteiger partial charge in [0.05, 0.1) is 25.8 Å². The Morgan fingerprint density at radius 2 is 2.00 bits per heavy atom. The Kier molecular flexibility index (Phi) is 5.16. The van der Waals surface area contributed by atoms with Crippen LogP contribution < -0.4 is 19.5 Å². The second-order valence-corrected chi connectivity index (χ2v) is 7.27. The van der Waals surface area contributed by atoms with Crippen molar-refractivity contribution in [2.24, 2.45) is 5.92 Å². The van der Waals surface area contributed by atoms with Crippen molar-refractivity contribution < 1.29 is 19.0 Å². The maximum Gasteiger partial charge on any atom is 0.233 e. The molecule has 0 radical (unpaired) electrons. The molecule has 1 aromatic heterocycles. The molecule has 1 amide bonds. The van der Waals surface area contributed by atoms with Crippen LogP contribution in [-0.2, 0) is 11.2 Å². The number of hydrogen-bond acceptors (Lipinski definition) is 6. The maximum absolute atomic E-state index is 12.6. The number of carbonyl (C=O) groups excluding carboxylic acids is 1. The first-order valence-corrected chi connectivity index (χ1v) is 9.75. The van der Waals surface area contributed by atoms with Gasteiger partial charge < -0.3 is 19.5 Å². The van der Waals surface area contributed by atoms with Crippen LogP contribution in [0.4, 0.5) is 5.13 Å². The molecule has 4 rings (SSSR count). The summed E-state index contributed by atoms with van der Waals surface area (Å²) in [6.45, 7) is 0.372. The van der Waals surface area contributed by atoms with Crippen LogP contribution in [0.2, 0.25) is 0 Å². The van der Waals surface area contributed by atoms with E-state index in [1.165, 1.54) is 11.3 Å². The van der Waals surface area contributed by atoms with Crippen molar-refractivity contribution >= 4 is 22.4 Å². The molecule has 2 aromatic carbocycles. The van der Waals surface area contributed by atoms with Gasteiger partial charge in [0.2, 0.25) is 5.91 Å². The lowest BCUT2D eigenvalue weighted by molar-refractivity contribution is -0.121. The van der Waals surface area contributed by atoms with Gasteiger partial charge in [0, 0.05) is 10.9 Å². The lowest BCUT2D eigenvalue weighted by Crippen LogP contribution is -2.32. The number of rotatable bonds is 5. The Bertz CT molecular complexity index is 1000. The summed E-state index contributed by atoms with van der Waals surface area (Å²) < 4.78 is 16.3. The molecule has 0 saturated heterocycles. The van der Waals surface area contributed by atoms with Crippen molar-refractivity contribution in [3.05, 3.63) is 53.4 Å². The highest BCUT2D eigenvalue weighted by atomic mass is 32.1. The van der Waals surface area contributed by atoms with Gasteiger partial charge in [-0.1, -0.05) is 18.2 Å². The Labute approximate surface area is 167 Å². The van der Waals surface area contributed by atoms with Crippen molar-refractivity contribution in [3.63, 3.8) is 0 Å². The van der Waals surface area contributed by atoms with E-state index in [4.69, 9.17) is 14.2 Å². The highest BCUT2D eigenvalue weighted by Gasteiger charge is 2.26. The van der Waals surface area contributed by atoms with Gasteiger partial charge in [-0.2, -0.15) is 0 Å². The van der Waals surface area contributed by atoms with Crippen molar-refractivity contribution in [3.8, 4) is 28.5 Å². The third-order valence-corrected chi connectivity index (χ3v) is 5.42. The fourth-order valence-electron chi connectivity index (χ4n) is 3.16. The molecular weight excluding hydrogens is 376 g/mol. The zero-order valence-corrected chi connectivity index (χ0v) is 16.4. The van der Waals surface area contributed by atoms with Gasteiger partial charge in [-0.25, -0.2) is 4.98 Å². The Morgan fingerprint density at radius 1 is 1.18 bits per heavy atom. The largest absolute Gasteiger partial charge is 0.493 e. The molecule has 1 atom stereocenters. The number of nitrogens with one attached hydrogen (secondary N) is 1. The van der Waals surface area contributed by atoms with Crippen LogP contribution in [0, 0.1) is 5.92 Å². The number of thiazole rings is 1. The van der Waals surface area contributed by atoms with Gasteiger partial charge in [-0.3, -0.25) is 4.79 Å². The Balaban J connectivity index is 1.46. The SMILES string of the molecule is COc1ccc(-c2csc(NC(=O)C3COc4ccccc4C3)n2)cc1OC. The lowest BCUT2D eigenvalue weighted by atomic mass is 9.96. The van der Waals surface area contributed by atoms with E-state index in [9.17, 15) is 4.79 Å². The van der Waals surface area contributed by atoms with E-state index in [-0.39, 0.29) is 11.8 Å². The molecule has 0 spiro atoms. The first kappa shape index (κ1) is 18.3. The fraction of sp³-hybridized carbons (Fsp3) is 0.238. The standard InChI is InChI=1S/C21H20N2O4S/c1-25-18-8-7-13(10-19(18)26-2)16-12-28-21(22-16)23-20(24)15-9-14-5-3-4-6-17(14)27-11-15/h3-8,10,12,15H,9,11H2,1-2H3,(H,22,23,24). The number of ether oxygens (including phenoxy) is 3. The van der Waals surface area contributed by atoms with E-state index in [0.29, 0.717) is 29.7 Å². The minimum absolute atomic E-state index is 0.0808. The van der Waals surface area contributed by atoms with Gasteiger partial charge >= 0.3 is 0 Å². The number of carbonyl (C=O) groups is 1. The molecule has 1 unspecified atom stereocenters. The van der Waals surface area contributed by atoms with E-state index in [2.05, 4.69) is 10.3 Å². The van der Waals surface area contributed by atoms with Gasteiger partial charge in [0.1, 0.15) is 12.4 Å². The van der Waals surface area contributed by atoms with E-state index >= 15 is 0 Å². The minimum atomic E-state index is -0.233. The molecule has 1 aliphatic rings. The Morgan fingerprint density at radius 3 is 2.82 bits per heavy atom. The number of nitrogens with zero attached hydrogens (tertiary/aromatic N) is 1. The normalized spacial score (nSPS) is 15.3. The second kappa shape index (κ2) is 7.90. The number of anilines is 1. The minimum Gasteiger partial charge on any atom is -0.493 e. The van der Waals surface area contributed by atoms with Crippen LogP contribution in [0.25, 0.3) is 11.3 Å². The summed E-state index contributed by atoms with van der Waals surface area (Å²) in [6, 6.07) is 13.4. The van der Waals surface area contributed by atoms with Gasteiger partial charge in [0.15, 0.2) is 16.6 Å². The molecule has 0 aliphatic carbocycles. The molecular formula is C21H20N2O4S.